The van der Waals surface area contributed by atoms with Gasteiger partial charge in [0.05, 0.1) is 22.3 Å². The maximum Gasteiger partial charge on any atom is 0.260 e. The van der Waals surface area contributed by atoms with E-state index in [1.54, 1.807) is 21.4 Å². The highest BCUT2D eigenvalue weighted by Crippen LogP contribution is 2.29. The summed E-state index contributed by atoms with van der Waals surface area (Å²) in [6.07, 6.45) is 4.34. The van der Waals surface area contributed by atoms with Crippen LogP contribution in [0.2, 0.25) is 5.02 Å². The van der Waals surface area contributed by atoms with Crippen molar-refractivity contribution in [2.45, 2.75) is 26.4 Å². The van der Waals surface area contributed by atoms with Crippen LogP contribution in [0.3, 0.4) is 0 Å². The lowest BCUT2D eigenvalue weighted by atomic mass is 10.1. The third kappa shape index (κ3) is 3.89. The Morgan fingerprint density at radius 2 is 2.06 bits per heavy atom. The van der Waals surface area contributed by atoms with Crippen LogP contribution in [0.15, 0.2) is 66.5 Å². The van der Waals surface area contributed by atoms with Crippen molar-refractivity contribution in [3.63, 3.8) is 0 Å². The molecule has 0 aliphatic heterocycles. The van der Waals surface area contributed by atoms with Crippen molar-refractivity contribution in [2.75, 3.05) is 5.73 Å². The molecule has 0 amide bonds. The first-order valence-electron chi connectivity index (χ1n) is 10.2. The maximum atomic E-state index is 13.3. The highest BCUT2D eigenvalue weighted by molar-refractivity contribution is 6.35. The van der Waals surface area contributed by atoms with Crippen molar-refractivity contribution in [1.82, 2.24) is 24.3 Å². The number of aliphatic hydroxyl groups is 1. The fraction of sp³-hybridized carbons (Fsp3) is 0.167. The lowest BCUT2D eigenvalue weighted by molar-refractivity contribution is 0.435. The quantitative estimate of drug-likeness (QED) is 0.318. The van der Waals surface area contributed by atoms with Crippen molar-refractivity contribution >= 4 is 44.8 Å². The van der Waals surface area contributed by atoms with Crippen LogP contribution in [0.1, 0.15) is 31.3 Å². The predicted octanol–water partition coefficient (Wildman–Crippen LogP) is 4.65. The van der Waals surface area contributed by atoms with Gasteiger partial charge in [0.25, 0.3) is 5.56 Å². The molecule has 168 valence electrons. The molecule has 0 aliphatic carbocycles. The second kappa shape index (κ2) is 8.55. The zero-order valence-corrected chi connectivity index (χ0v) is 19.0. The smallest absolute Gasteiger partial charge is 0.260 e. The highest BCUT2D eigenvalue weighted by atomic mass is 35.5. The zero-order valence-electron chi connectivity index (χ0n) is 18.3. The molecule has 4 aromatic rings. The molecule has 0 spiro atoms. The van der Waals surface area contributed by atoms with Gasteiger partial charge in [0.2, 0.25) is 0 Å². The molecule has 0 bridgehead atoms. The van der Waals surface area contributed by atoms with Crippen LogP contribution in [0.4, 0.5) is 5.82 Å². The molecule has 33 heavy (non-hydrogen) atoms. The number of rotatable bonds is 6. The average molecular weight is 463 g/mol. The highest BCUT2D eigenvalue weighted by Gasteiger charge is 2.20. The van der Waals surface area contributed by atoms with Gasteiger partial charge in [-0.1, -0.05) is 43.0 Å². The Morgan fingerprint density at radius 3 is 2.73 bits per heavy atom. The number of fused-ring (bicyclic) bond motifs is 2. The Labute approximate surface area is 195 Å². The Bertz CT molecular complexity index is 1510. The van der Waals surface area contributed by atoms with Crippen LogP contribution in [0.5, 0.6) is 0 Å². The lowest BCUT2D eigenvalue weighted by Crippen LogP contribution is -2.27. The number of pyridine rings is 1. The van der Waals surface area contributed by atoms with E-state index in [1.807, 2.05) is 32.0 Å². The first kappa shape index (κ1) is 22.3. The molecule has 3 heterocycles. The van der Waals surface area contributed by atoms with Gasteiger partial charge in [-0.3, -0.25) is 4.79 Å². The van der Waals surface area contributed by atoms with Crippen LogP contribution >= 0.6 is 11.6 Å². The van der Waals surface area contributed by atoms with Crippen LogP contribution in [-0.4, -0.2) is 29.4 Å². The molecule has 8 nitrogen and oxygen atoms in total. The van der Waals surface area contributed by atoms with E-state index in [2.05, 4.69) is 23.1 Å². The molecule has 3 N–H and O–H groups in total. The Morgan fingerprint density at radius 1 is 1.30 bits per heavy atom. The first-order chi connectivity index (χ1) is 15.7. The number of benzene rings is 1. The maximum absolute atomic E-state index is 13.3. The van der Waals surface area contributed by atoms with Gasteiger partial charge in [-0.05, 0) is 37.4 Å². The number of hydrogen-bond acceptors (Lipinski definition) is 6. The number of anilines is 1. The number of aliphatic hydroxyl groups excluding tert-OH is 1. The molecular weight excluding hydrogens is 440 g/mol. The van der Waals surface area contributed by atoms with Gasteiger partial charge in [-0.2, -0.15) is 5.10 Å². The second-order valence-corrected chi connectivity index (χ2v) is 8.27. The van der Waals surface area contributed by atoms with Gasteiger partial charge in [-0.15, -0.1) is 0 Å². The van der Waals surface area contributed by atoms with E-state index in [-0.39, 0.29) is 29.7 Å². The molecule has 9 heteroatoms. The summed E-state index contributed by atoms with van der Waals surface area (Å²) in [6.45, 7) is 11.4. The number of allylic oxidation sites excluding steroid dienone is 3. The van der Waals surface area contributed by atoms with E-state index in [4.69, 9.17) is 22.4 Å². The first-order valence-corrected chi connectivity index (χ1v) is 10.6. The number of nitrogens with two attached hydrogens (primary N) is 1. The average Bonchev–Trinajstić information content (AvgIpc) is 3.11. The molecule has 0 atom stereocenters. The SMILES string of the molecule is C=C/C(=C\C(=C)O)c1nn(Cc2cc3cccc(Cl)c3c(=O)n2C(C)C)c2ncnc(N)c12. The largest absolute Gasteiger partial charge is 0.509 e. The third-order valence-electron chi connectivity index (χ3n) is 5.31. The summed E-state index contributed by atoms with van der Waals surface area (Å²) in [4.78, 5) is 21.8. The Balaban J connectivity index is 1.98. The summed E-state index contributed by atoms with van der Waals surface area (Å²) < 4.78 is 3.36. The monoisotopic (exact) mass is 462 g/mol. The molecule has 0 saturated carbocycles. The number of nitrogen functional groups attached to an aromatic ring is 1. The van der Waals surface area contributed by atoms with Crippen molar-refractivity contribution in [3.8, 4) is 0 Å². The minimum Gasteiger partial charge on any atom is -0.509 e. The van der Waals surface area contributed by atoms with E-state index in [1.165, 1.54) is 12.4 Å². The third-order valence-corrected chi connectivity index (χ3v) is 5.63. The molecule has 4 rings (SSSR count). The van der Waals surface area contributed by atoms with Gasteiger partial charge in [0, 0.05) is 17.3 Å². The van der Waals surface area contributed by atoms with Crippen LogP contribution in [0, 0.1) is 0 Å². The lowest BCUT2D eigenvalue weighted by Gasteiger charge is -2.18. The number of hydrogen-bond donors (Lipinski definition) is 2. The van der Waals surface area contributed by atoms with Gasteiger partial charge in [0.15, 0.2) is 5.65 Å². The van der Waals surface area contributed by atoms with E-state index >= 15 is 0 Å². The summed E-state index contributed by atoms with van der Waals surface area (Å²) >= 11 is 6.34. The molecule has 1 aromatic carbocycles. The van der Waals surface area contributed by atoms with Crippen LogP contribution in [0.25, 0.3) is 27.4 Å². The van der Waals surface area contributed by atoms with Gasteiger partial charge >= 0.3 is 0 Å². The van der Waals surface area contributed by atoms with E-state index in [0.717, 1.165) is 11.1 Å². The predicted molar refractivity (Wildman–Crippen MR) is 132 cm³/mol. The number of halogens is 1. The van der Waals surface area contributed by atoms with Crippen molar-refractivity contribution < 1.29 is 5.11 Å². The van der Waals surface area contributed by atoms with E-state index in [0.29, 0.717) is 32.7 Å². The second-order valence-electron chi connectivity index (χ2n) is 7.87. The minimum absolute atomic E-state index is 0.115. The summed E-state index contributed by atoms with van der Waals surface area (Å²) in [5.41, 5.74) is 8.18. The van der Waals surface area contributed by atoms with Crippen LogP contribution < -0.4 is 11.3 Å². The molecule has 0 radical (unpaired) electrons. The van der Waals surface area contributed by atoms with Crippen LogP contribution in [-0.2, 0) is 6.54 Å². The Kier molecular flexibility index (Phi) is 5.78. The molecular formula is C24H23ClN6O2. The van der Waals surface area contributed by atoms with Crippen molar-refractivity contribution in [1.29, 1.82) is 0 Å². The fourth-order valence-corrected chi connectivity index (χ4v) is 4.24. The van der Waals surface area contributed by atoms with E-state index < -0.39 is 0 Å². The molecule has 3 aromatic heterocycles. The number of aromatic nitrogens is 5. The summed E-state index contributed by atoms with van der Waals surface area (Å²) in [5, 5.41) is 16.5. The Hall–Kier alpha value is -3.91. The molecule has 0 saturated heterocycles. The zero-order chi connectivity index (χ0) is 23.9. The minimum atomic E-state index is -0.169. The van der Waals surface area contributed by atoms with Gasteiger partial charge in [0.1, 0.15) is 23.6 Å². The van der Waals surface area contributed by atoms with E-state index in [9.17, 15) is 9.90 Å². The summed E-state index contributed by atoms with van der Waals surface area (Å²) in [7, 11) is 0. The van der Waals surface area contributed by atoms with Gasteiger partial charge < -0.3 is 15.4 Å². The number of nitrogens with zero attached hydrogens (tertiary/aromatic N) is 5. The molecule has 0 unspecified atom stereocenters. The molecule has 0 aliphatic rings. The fourth-order valence-electron chi connectivity index (χ4n) is 3.97. The summed E-state index contributed by atoms with van der Waals surface area (Å²) in [5.74, 6) is 0.0900. The van der Waals surface area contributed by atoms with Gasteiger partial charge in [-0.25, -0.2) is 14.6 Å². The standard InChI is InChI=1S/C24H23ClN6O2/c1-5-15(9-14(4)32)21-20-22(26)27-12-28-23(20)30(29-21)11-17-10-16-7-6-8-18(25)19(16)24(33)31(17)13(2)3/h5-10,12-13,32H,1,4,11H2,2-3H3,(H2,26,27,28)/b15-9+. The molecule has 0 fully saturated rings. The van der Waals surface area contributed by atoms with Crippen molar-refractivity contribution in [3.05, 3.63) is 88.4 Å². The topological polar surface area (TPSA) is 112 Å². The summed E-state index contributed by atoms with van der Waals surface area (Å²) in [6, 6.07) is 7.19. The normalized spacial score (nSPS) is 12.1. The van der Waals surface area contributed by atoms with Crippen molar-refractivity contribution in [2.24, 2.45) is 0 Å².